The fraction of sp³-hybridized carbons (Fsp3) is 0.600. The fourth-order valence-corrected chi connectivity index (χ4v) is 2.33. The number of alkyl halides is 2. The first-order chi connectivity index (χ1) is 8.80. The SMILES string of the molecule is O=c1ccn([C@H]2[C@H](O)[C@H](O)[C@@H](CO)C2(F)F)c(=O)[nH]1. The van der Waals surface area contributed by atoms with Crippen LogP contribution in [0.1, 0.15) is 6.04 Å². The summed E-state index contributed by atoms with van der Waals surface area (Å²) in [7, 11) is 0. The summed E-state index contributed by atoms with van der Waals surface area (Å²) >= 11 is 0. The van der Waals surface area contributed by atoms with Gasteiger partial charge < -0.3 is 15.3 Å². The summed E-state index contributed by atoms with van der Waals surface area (Å²) in [5, 5.41) is 28.0. The molecule has 1 aliphatic rings. The number of halogens is 2. The predicted octanol–water partition coefficient (Wildman–Crippen LogP) is -1.94. The monoisotopic (exact) mass is 278 g/mol. The van der Waals surface area contributed by atoms with Crippen molar-refractivity contribution in [3.05, 3.63) is 33.1 Å². The Hall–Kier alpha value is -1.58. The number of nitrogens with zero attached hydrogens (tertiary/aromatic N) is 1. The van der Waals surface area contributed by atoms with Gasteiger partial charge in [-0.25, -0.2) is 13.6 Å². The van der Waals surface area contributed by atoms with Crippen molar-refractivity contribution in [1.82, 2.24) is 9.55 Å². The largest absolute Gasteiger partial charge is 0.396 e. The van der Waals surface area contributed by atoms with Crippen molar-refractivity contribution in [2.45, 2.75) is 24.2 Å². The summed E-state index contributed by atoms with van der Waals surface area (Å²) in [6, 6.07) is -1.20. The van der Waals surface area contributed by atoms with E-state index in [1.807, 2.05) is 0 Å². The topological polar surface area (TPSA) is 116 Å². The van der Waals surface area contributed by atoms with Crippen LogP contribution in [-0.2, 0) is 0 Å². The Morgan fingerprint density at radius 3 is 2.42 bits per heavy atom. The van der Waals surface area contributed by atoms with E-state index in [4.69, 9.17) is 5.11 Å². The van der Waals surface area contributed by atoms with E-state index >= 15 is 0 Å². The van der Waals surface area contributed by atoms with E-state index in [1.165, 1.54) is 0 Å². The minimum atomic E-state index is -3.70. The van der Waals surface area contributed by atoms with Crippen molar-refractivity contribution in [3.8, 4) is 0 Å². The summed E-state index contributed by atoms with van der Waals surface area (Å²) in [6.45, 7) is -1.04. The molecule has 0 amide bonds. The molecule has 4 atom stereocenters. The lowest BCUT2D eigenvalue weighted by Crippen LogP contribution is -2.42. The minimum absolute atomic E-state index is 0.449. The van der Waals surface area contributed by atoms with Crippen molar-refractivity contribution < 1.29 is 24.1 Å². The Labute approximate surface area is 104 Å². The van der Waals surface area contributed by atoms with Gasteiger partial charge in [-0.15, -0.1) is 0 Å². The zero-order chi connectivity index (χ0) is 14.4. The van der Waals surface area contributed by atoms with Crippen molar-refractivity contribution in [2.24, 2.45) is 5.92 Å². The van der Waals surface area contributed by atoms with Gasteiger partial charge in [-0.2, -0.15) is 0 Å². The third kappa shape index (κ3) is 1.99. The average molecular weight is 278 g/mol. The molecule has 106 valence electrons. The highest BCUT2D eigenvalue weighted by Crippen LogP contribution is 2.47. The molecule has 1 fully saturated rings. The molecule has 0 aromatic carbocycles. The van der Waals surface area contributed by atoms with Crippen LogP contribution in [0.2, 0.25) is 0 Å². The summed E-state index contributed by atoms with van der Waals surface area (Å²) in [6.07, 6.45) is -2.99. The van der Waals surface area contributed by atoms with Crippen LogP contribution in [0.5, 0.6) is 0 Å². The van der Waals surface area contributed by atoms with Gasteiger partial charge in [0.15, 0.2) is 0 Å². The van der Waals surface area contributed by atoms with Crippen molar-refractivity contribution in [1.29, 1.82) is 0 Å². The molecule has 2 rings (SSSR count). The second kappa shape index (κ2) is 4.51. The van der Waals surface area contributed by atoms with Crippen LogP contribution >= 0.6 is 0 Å². The lowest BCUT2D eigenvalue weighted by molar-refractivity contribution is -0.102. The molecule has 19 heavy (non-hydrogen) atoms. The Bertz CT molecular complexity index is 584. The second-order valence-corrected chi connectivity index (χ2v) is 4.41. The first kappa shape index (κ1) is 13.8. The van der Waals surface area contributed by atoms with Gasteiger partial charge in [0, 0.05) is 12.3 Å². The first-order valence-electron chi connectivity index (χ1n) is 5.47. The number of aromatic nitrogens is 2. The predicted molar refractivity (Wildman–Crippen MR) is 57.9 cm³/mol. The van der Waals surface area contributed by atoms with Gasteiger partial charge in [-0.1, -0.05) is 0 Å². The molecule has 0 saturated heterocycles. The van der Waals surface area contributed by atoms with E-state index in [-0.39, 0.29) is 0 Å². The molecule has 0 spiro atoms. The van der Waals surface area contributed by atoms with E-state index in [0.29, 0.717) is 4.57 Å². The standard InChI is InChI=1S/C10H12F2N2O5/c11-10(12)4(3-15)6(17)7(18)8(10)14-2-1-5(16)13-9(14)19/h1-2,4,6-8,15,17-18H,3H2,(H,13,16,19)/t4-,6-,7-,8+/m1/s1. The summed E-state index contributed by atoms with van der Waals surface area (Å²) in [5.74, 6) is -5.58. The number of aliphatic hydroxyl groups excluding tert-OH is 3. The number of nitrogens with one attached hydrogen (secondary N) is 1. The van der Waals surface area contributed by atoms with E-state index in [0.717, 1.165) is 12.3 Å². The van der Waals surface area contributed by atoms with E-state index in [2.05, 4.69) is 0 Å². The number of aromatic amines is 1. The van der Waals surface area contributed by atoms with E-state index in [1.54, 1.807) is 4.98 Å². The molecule has 1 heterocycles. The zero-order valence-corrected chi connectivity index (χ0v) is 9.53. The highest BCUT2D eigenvalue weighted by molar-refractivity contribution is 5.07. The van der Waals surface area contributed by atoms with Gasteiger partial charge in [-0.3, -0.25) is 14.3 Å². The molecule has 1 aromatic heterocycles. The van der Waals surface area contributed by atoms with Gasteiger partial charge in [0.05, 0.1) is 18.6 Å². The molecule has 0 bridgehead atoms. The molecule has 0 unspecified atom stereocenters. The third-order valence-corrected chi connectivity index (χ3v) is 3.32. The summed E-state index contributed by atoms with van der Waals surface area (Å²) in [5.41, 5.74) is -1.89. The zero-order valence-electron chi connectivity index (χ0n) is 9.53. The Balaban J connectivity index is 2.55. The summed E-state index contributed by atoms with van der Waals surface area (Å²) in [4.78, 5) is 24.1. The van der Waals surface area contributed by atoms with Crippen LogP contribution in [0.3, 0.4) is 0 Å². The van der Waals surface area contributed by atoms with Crippen LogP contribution in [-0.4, -0.2) is 49.6 Å². The lowest BCUT2D eigenvalue weighted by atomic mass is 10.0. The van der Waals surface area contributed by atoms with Crippen molar-refractivity contribution in [3.63, 3.8) is 0 Å². The Kier molecular flexibility index (Phi) is 3.29. The molecule has 7 nitrogen and oxygen atoms in total. The molecular formula is C10H12F2N2O5. The number of hydrogen-bond acceptors (Lipinski definition) is 5. The van der Waals surface area contributed by atoms with Crippen molar-refractivity contribution >= 4 is 0 Å². The van der Waals surface area contributed by atoms with Gasteiger partial charge in [0.1, 0.15) is 12.1 Å². The smallest absolute Gasteiger partial charge is 0.328 e. The maximum absolute atomic E-state index is 14.0. The van der Waals surface area contributed by atoms with Crippen LogP contribution in [0.4, 0.5) is 8.78 Å². The number of rotatable bonds is 2. The van der Waals surface area contributed by atoms with E-state index in [9.17, 15) is 28.6 Å². The molecule has 0 aliphatic heterocycles. The quantitative estimate of drug-likeness (QED) is 0.502. The van der Waals surface area contributed by atoms with Crippen molar-refractivity contribution in [2.75, 3.05) is 6.61 Å². The highest BCUT2D eigenvalue weighted by Gasteiger charge is 2.63. The second-order valence-electron chi connectivity index (χ2n) is 4.41. The van der Waals surface area contributed by atoms with Gasteiger partial charge in [-0.05, 0) is 0 Å². The number of H-pyrrole nitrogens is 1. The average Bonchev–Trinajstić information content (AvgIpc) is 2.47. The maximum atomic E-state index is 14.0. The Morgan fingerprint density at radius 1 is 1.32 bits per heavy atom. The van der Waals surface area contributed by atoms with Crippen LogP contribution in [0, 0.1) is 5.92 Å². The maximum Gasteiger partial charge on any atom is 0.328 e. The molecular weight excluding hydrogens is 266 g/mol. The first-order valence-corrected chi connectivity index (χ1v) is 5.47. The molecule has 1 aromatic rings. The molecule has 0 radical (unpaired) electrons. The fourth-order valence-electron chi connectivity index (χ4n) is 2.33. The normalized spacial score (nSPS) is 33.5. The molecule has 1 aliphatic carbocycles. The van der Waals surface area contributed by atoms with E-state index < -0.39 is 47.9 Å². The van der Waals surface area contributed by atoms with Crippen LogP contribution in [0.25, 0.3) is 0 Å². The highest BCUT2D eigenvalue weighted by atomic mass is 19.3. The Morgan fingerprint density at radius 2 is 1.95 bits per heavy atom. The molecule has 1 saturated carbocycles. The number of hydrogen-bond donors (Lipinski definition) is 4. The van der Waals surface area contributed by atoms with Gasteiger partial charge in [0.25, 0.3) is 11.5 Å². The molecule has 4 N–H and O–H groups in total. The lowest BCUT2D eigenvalue weighted by Gasteiger charge is -2.25. The minimum Gasteiger partial charge on any atom is -0.396 e. The van der Waals surface area contributed by atoms with Crippen LogP contribution in [0.15, 0.2) is 21.9 Å². The molecule has 9 heteroatoms. The summed E-state index contributed by atoms with van der Waals surface area (Å²) < 4.78 is 28.5. The number of aliphatic hydroxyl groups is 3. The third-order valence-electron chi connectivity index (χ3n) is 3.32. The van der Waals surface area contributed by atoms with Crippen LogP contribution < -0.4 is 11.2 Å². The van der Waals surface area contributed by atoms with Gasteiger partial charge in [0.2, 0.25) is 0 Å². The van der Waals surface area contributed by atoms with Gasteiger partial charge >= 0.3 is 5.69 Å².